The van der Waals surface area contributed by atoms with E-state index in [1.807, 2.05) is 0 Å². The maximum absolute atomic E-state index is 11.9. The van der Waals surface area contributed by atoms with Crippen LogP contribution in [-0.2, 0) is 14.6 Å². The van der Waals surface area contributed by atoms with E-state index in [-0.39, 0.29) is 11.4 Å². The lowest BCUT2D eigenvalue weighted by Gasteiger charge is -2.21. The number of carboxylic acids is 1. The average Bonchev–Trinajstić information content (AvgIpc) is 2.28. The van der Waals surface area contributed by atoms with Crippen LogP contribution in [0.25, 0.3) is 0 Å². The summed E-state index contributed by atoms with van der Waals surface area (Å²) in [6.45, 7) is 2.58. The molecule has 0 fully saturated rings. The molecule has 0 saturated carbocycles. The molecule has 0 radical (unpaired) electrons. The number of nitrogens with zero attached hydrogens (tertiary/aromatic N) is 1. The summed E-state index contributed by atoms with van der Waals surface area (Å²) in [5.41, 5.74) is 0.0621. The van der Waals surface area contributed by atoms with Crippen LogP contribution in [0.15, 0.2) is 18.3 Å². The van der Waals surface area contributed by atoms with Gasteiger partial charge in [0.2, 0.25) is 5.91 Å². The second-order valence-electron chi connectivity index (χ2n) is 4.47. The van der Waals surface area contributed by atoms with E-state index in [2.05, 4.69) is 10.3 Å². The molecule has 1 rings (SSSR count). The fraction of sp³-hybridized carbons (Fsp3) is 0.364. The van der Waals surface area contributed by atoms with Gasteiger partial charge in [-0.1, -0.05) is 0 Å². The summed E-state index contributed by atoms with van der Waals surface area (Å²) in [5.74, 6) is -1.89. The first-order valence-corrected chi connectivity index (χ1v) is 7.15. The predicted molar refractivity (Wildman–Crippen MR) is 68.7 cm³/mol. The van der Waals surface area contributed by atoms with E-state index in [1.54, 1.807) is 0 Å². The van der Waals surface area contributed by atoms with Crippen molar-refractivity contribution in [3.8, 4) is 0 Å². The Kier molecular flexibility index (Phi) is 3.94. The molecule has 0 aromatic carbocycles. The van der Waals surface area contributed by atoms with Gasteiger partial charge < -0.3 is 10.4 Å². The molecule has 8 heteroatoms. The van der Waals surface area contributed by atoms with Crippen LogP contribution in [-0.4, -0.2) is 41.4 Å². The van der Waals surface area contributed by atoms with E-state index in [1.165, 1.54) is 26.0 Å². The largest absolute Gasteiger partial charge is 0.477 e. The molecule has 0 unspecified atom stereocenters. The molecule has 0 saturated heterocycles. The standard InChI is InChI=1S/C11H14N2O5S/c1-11(2,19(3,17)18)10(16)13-7-4-5-8(9(14)15)12-6-7/h4-6H,1-3H3,(H,13,16)(H,14,15). The molecule has 1 heterocycles. The maximum Gasteiger partial charge on any atom is 0.354 e. The molecule has 0 spiro atoms. The molecule has 0 aliphatic rings. The Bertz CT molecular complexity index is 604. The highest BCUT2D eigenvalue weighted by molar-refractivity contribution is 7.92. The van der Waals surface area contributed by atoms with Gasteiger partial charge in [0, 0.05) is 6.26 Å². The number of aromatic carboxylic acids is 1. The Hall–Kier alpha value is -1.96. The third-order valence-electron chi connectivity index (χ3n) is 2.71. The Morgan fingerprint density at radius 3 is 2.26 bits per heavy atom. The molecule has 0 aliphatic carbocycles. The second kappa shape index (κ2) is 4.96. The van der Waals surface area contributed by atoms with Crippen LogP contribution in [0.4, 0.5) is 5.69 Å². The van der Waals surface area contributed by atoms with Gasteiger partial charge in [-0.05, 0) is 26.0 Å². The smallest absolute Gasteiger partial charge is 0.354 e. The number of nitrogens with one attached hydrogen (secondary N) is 1. The molecule has 19 heavy (non-hydrogen) atoms. The monoisotopic (exact) mass is 286 g/mol. The molecule has 2 N–H and O–H groups in total. The average molecular weight is 286 g/mol. The van der Waals surface area contributed by atoms with Crippen molar-refractivity contribution in [2.24, 2.45) is 0 Å². The van der Waals surface area contributed by atoms with Crippen molar-refractivity contribution in [3.63, 3.8) is 0 Å². The molecule has 1 aromatic rings. The van der Waals surface area contributed by atoms with Crippen LogP contribution in [0.3, 0.4) is 0 Å². The number of hydrogen-bond donors (Lipinski definition) is 2. The molecule has 1 aromatic heterocycles. The molecular weight excluding hydrogens is 272 g/mol. The number of carbonyl (C=O) groups excluding carboxylic acids is 1. The molecule has 0 atom stereocenters. The van der Waals surface area contributed by atoms with Gasteiger partial charge in [0.25, 0.3) is 0 Å². The van der Waals surface area contributed by atoms with Gasteiger partial charge in [-0.15, -0.1) is 0 Å². The van der Waals surface area contributed by atoms with Crippen LogP contribution in [0, 0.1) is 0 Å². The molecule has 0 bridgehead atoms. The number of anilines is 1. The quantitative estimate of drug-likeness (QED) is 0.835. The van der Waals surface area contributed by atoms with Crippen LogP contribution in [0.1, 0.15) is 24.3 Å². The molecule has 7 nitrogen and oxygen atoms in total. The highest BCUT2D eigenvalue weighted by atomic mass is 32.2. The molecule has 104 valence electrons. The van der Waals surface area contributed by atoms with Crippen molar-refractivity contribution >= 4 is 27.4 Å². The van der Waals surface area contributed by atoms with Crippen molar-refractivity contribution in [2.75, 3.05) is 11.6 Å². The summed E-state index contributed by atoms with van der Waals surface area (Å²) in [6, 6.07) is 2.55. The van der Waals surface area contributed by atoms with Crippen molar-refractivity contribution in [2.45, 2.75) is 18.6 Å². The zero-order valence-electron chi connectivity index (χ0n) is 10.7. The Morgan fingerprint density at radius 2 is 1.89 bits per heavy atom. The molecule has 0 aliphatic heterocycles. The van der Waals surface area contributed by atoms with E-state index in [4.69, 9.17) is 5.11 Å². The number of carbonyl (C=O) groups is 2. The number of pyridine rings is 1. The summed E-state index contributed by atoms with van der Waals surface area (Å²) >= 11 is 0. The lowest BCUT2D eigenvalue weighted by Crippen LogP contribution is -2.43. The zero-order chi connectivity index (χ0) is 14.8. The maximum atomic E-state index is 11.9. The fourth-order valence-electron chi connectivity index (χ4n) is 1.04. The Balaban J connectivity index is 2.92. The number of carboxylic acid groups (broad SMARTS) is 1. The lowest BCUT2D eigenvalue weighted by atomic mass is 10.2. The normalized spacial score (nSPS) is 11.9. The van der Waals surface area contributed by atoms with Gasteiger partial charge in [-0.3, -0.25) is 4.79 Å². The summed E-state index contributed by atoms with van der Waals surface area (Å²) < 4.78 is 21.4. The minimum atomic E-state index is -3.57. The van der Waals surface area contributed by atoms with Crippen molar-refractivity contribution in [1.29, 1.82) is 0 Å². The van der Waals surface area contributed by atoms with Crippen molar-refractivity contribution in [1.82, 2.24) is 4.98 Å². The first-order valence-electron chi connectivity index (χ1n) is 5.26. The van der Waals surface area contributed by atoms with Gasteiger partial charge >= 0.3 is 5.97 Å². The summed E-state index contributed by atoms with van der Waals surface area (Å²) in [6.07, 6.45) is 2.12. The van der Waals surface area contributed by atoms with Crippen LogP contribution in [0.2, 0.25) is 0 Å². The predicted octanol–water partition coefficient (Wildman–Crippen LogP) is 0.542. The summed E-state index contributed by atoms with van der Waals surface area (Å²) in [7, 11) is -3.57. The van der Waals surface area contributed by atoms with E-state index < -0.39 is 26.5 Å². The number of rotatable bonds is 4. The number of aromatic nitrogens is 1. The Labute approximate surface area is 110 Å². The zero-order valence-corrected chi connectivity index (χ0v) is 11.5. The number of sulfone groups is 1. The van der Waals surface area contributed by atoms with Gasteiger partial charge in [-0.2, -0.15) is 0 Å². The highest BCUT2D eigenvalue weighted by Crippen LogP contribution is 2.18. The number of hydrogen-bond acceptors (Lipinski definition) is 5. The summed E-state index contributed by atoms with van der Waals surface area (Å²) in [5, 5.41) is 11.0. The molecular formula is C11H14N2O5S. The van der Waals surface area contributed by atoms with Gasteiger partial charge in [0.05, 0.1) is 11.9 Å². The van der Waals surface area contributed by atoms with E-state index in [0.29, 0.717) is 0 Å². The third kappa shape index (κ3) is 3.28. The summed E-state index contributed by atoms with van der Waals surface area (Å²) in [4.78, 5) is 26.1. The third-order valence-corrected chi connectivity index (χ3v) is 4.75. The van der Waals surface area contributed by atoms with Gasteiger partial charge in [0.1, 0.15) is 10.4 Å². The van der Waals surface area contributed by atoms with Crippen LogP contribution >= 0.6 is 0 Å². The SMILES string of the molecule is CC(C)(C(=O)Nc1ccc(C(=O)O)nc1)S(C)(=O)=O. The Morgan fingerprint density at radius 1 is 1.32 bits per heavy atom. The van der Waals surface area contributed by atoms with Gasteiger partial charge in [0.15, 0.2) is 9.84 Å². The van der Waals surface area contributed by atoms with Crippen LogP contribution in [0.5, 0.6) is 0 Å². The molecule has 1 amide bonds. The van der Waals surface area contributed by atoms with E-state index in [9.17, 15) is 18.0 Å². The van der Waals surface area contributed by atoms with Gasteiger partial charge in [-0.25, -0.2) is 18.2 Å². The minimum Gasteiger partial charge on any atom is -0.477 e. The number of amides is 1. The highest BCUT2D eigenvalue weighted by Gasteiger charge is 2.38. The van der Waals surface area contributed by atoms with Crippen molar-refractivity contribution in [3.05, 3.63) is 24.0 Å². The first-order chi connectivity index (χ1) is 8.55. The lowest BCUT2D eigenvalue weighted by molar-refractivity contribution is -0.117. The first kappa shape index (κ1) is 15.1. The van der Waals surface area contributed by atoms with Crippen LogP contribution < -0.4 is 5.32 Å². The topological polar surface area (TPSA) is 113 Å². The van der Waals surface area contributed by atoms with E-state index >= 15 is 0 Å². The second-order valence-corrected chi connectivity index (χ2v) is 7.04. The van der Waals surface area contributed by atoms with Crippen molar-refractivity contribution < 1.29 is 23.1 Å². The van der Waals surface area contributed by atoms with E-state index in [0.717, 1.165) is 12.5 Å². The minimum absolute atomic E-state index is 0.166. The fourth-order valence-corrected chi connectivity index (χ4v) is 1.43.